The first kappa shape index (κ1) is 21.3. The number of thioether (sulfide) groups is 1. The minimum Gasteiger partial charge on any atom is -0.493 e. The van der Waals surface area contributed by atoms with Gasteiger partial charge in [0.2, 0.25) is 0 Å². The standard InChI is InChI=1S/C18H20BrNO6S/c1-5-25-15-12(19)7-11(8-13(15)24-4)9-14-16(21)20(18(23)27-14)10(3)17(22)26-6-2/h7-10H,5-6H2,1-4H3. The van der Waals surface area contributed by atoms with E-state index >= 15 is 0 Å². The third-order valence-corrected chi connectivity index (χ3v) is 5.15. The van der Waals surface area contributed by atoms with E-state index in [-0.39, 0.29) is 11.5 Å². The van der Waals surface area contributed by atoms with Crippen LogP contribution in [0.4, 0.5) is 4.79 Å². The summed E-state index contributed by atoms with van der Waals surface area (Å²) in [7, 11) is 1.52. The van der Waals surface area contributed by atoms with Crippen LogP contribution < -0.4 is 9.47 Å². The van der Waals surface area contributed by atoms with Crippen molar-refractivity contribution in [3.8, 4) is 11.5 Å². The third-order valence-electron chi connectivity index (χ3n) is 3.68. The van der Waals surface area contributed by atoms with Crippen molar-refractivity contribution in [2.75, 3.05) is 20.3 Å². The summed E-state index contributed by atoms with van der Waals surface area (Å²) >= 11 is 4.20. The number of amides is 2. The number of methoxy groups -OCH3 is 1. The van der Waals surface area contributed by atoms with Gasteiger partial charge < -0.3 is 14.2 Å². The number of hydrogen-bond donors (Lipinski definition) is 0. The number of halogens is 1. The van der Waals surface area contributed by atoms with Crippen LogP contribution in [-0.4, -0.2) is 48.4 Å². The Kier molecular flexibility index (Phi) is 7.32. The predicted octanol–water partition coefficient (Wildman–Crippen LogP) is 3.84. The summed E-state index contributed by atoms with van der Waals surface area (Å²) in [6, 6.07) is 2.49. The highest BCUT2D eigenvalue weighted by Crippen LogP contribution is 2.39. The number of imide groups is 1. The molecule has 1 aromatic rings. The van der Waals surface area contributed by atoms with E-state index in [1.165, 1.54) is 14.0 Å². The first-order chi connectivity index (χ1) is 12.8. The largest absolute Gasteiger partial charge is 0.493 e. The molecule has 2 rings (SSSR count). The molecule has 9 heteroatoms. The Balaban J connectivity index is 2.32. The lowest BCUT2D eigenvalue weighted by atomic mass is 10.1. The Bertz CT molecular complexity index is 794. The van der Waals surface area contributed by atoms with Crippen LogP contribution in [0.1, 0.15) is 26.3 Å². The highest BCUT2D eigenvalue weighted by atomic mass is 79.9. The molecule has 27 heavy (non-hydrogen) atoms. The molecule has 1 aliphatic heterocycles. The quantitative estimate of drug-likeness (QED) is 0.454. The minimum atomic E-state index is -0.982. The summed E-state index contributed by atoms with van der Waals surface area (Å²) in [6.07, 6.45) is 1.58. The van der Waals surface area contributed by atoms with Gasteiger partial charge in [-0.15, -0.1) is 0 Å². The molecule has 0 spiro atoms. The molecule has 1 heterocycles. The number of carbonyl (C=O) groups is 3. The summed E-state index contributed by atoms with van der Waals surface area (Å²) in [5.74, 6) is -0.0983. The lowest BCUT2D eigenvalue weighted by molar-refractivity contribution is -0.150. The lowest BCUT2D eigenvalue weighted by Gasteiger charge is -2.19. The Morgan fingerprint density at radius 3 is 2.59 bits per heavy atom. The molecule has 7 nitrogen and oxygen atoms in total. The molecule has 2 amide bonds. The lowest BCUT2D eigenvalue weighted by Crippen LogP contribution is -2.42. The predicted molar refractivity (Wildman–Crippen MR) is 106 cm³/mol. The van der Waals surface area contributed by atoms with E-state index in [0.29, 0.717) is 28.1 Å². The van der Waals surface area contributed by atoms with Gasteiger partial charge in [0.1, 0.15) is 6.04 Å². The molecule has 146 valence electrons. The maximum atomic E-state index is 12.6. The second kappa shape index (κ2) is 9.27. The van der Waals surface area contributed by atoms with Crippen LogP contribution in [0.15, 0.2) is 21.5 Å². The fourth-order valence-corrected chi connectivity index (χ4v) is 3.92. The van der Waals surface area contributed by atoms with Crippen LogP contribution in [0.5, 0.6) is 11.5 Å². The van der Waals surface area contributed by atoms with Gasteiger partial charge in [-0.2, -0.15) is 0 Å². The minimum absolute atomic E-state index is 0.176. The number of nitrogens with zero attached hydrogens (tertiary/aromatic N) is 1. The zero-order valence-corrected chi connectivity index (χ0v) is 17.8. The Labute approximate surface area is 170 Å². The molecule has 0 N–H and O–H groups in total. The molecule has 0 saturated carbocycles. The fraction of sp³-hybridized carbons (Fsp3) is 0.389. The average Bonchev–Trinajstić information content (AvgIpc) is 2.90. The number of ether oxygens (including phenoxy) is 3. The van der Waals surface area contributed by atoms with Crippen LogP contribution in [0.3, 0.4) is 0 Å². The van der Waals surface area contributed by atoms with E-state index in [1.54, 1.807) is 25.1 Å². The summed E-state index contributed by atoms with van der Waals surface area (Å²) in [5, 5.41) is -0.510. The van der Waals surface area contributed by atoms with Crippen molar-refractivity contribution >= 4 is 50.9 Å². The number of rotatable bonds is 7. The highest BCUT2D eigenvalue weighted by Gasteiger charge is 2.41. The van der Waals surface area contributed by atoms with E-state index in [2.05, 4.69) is 15.9 Å². The topological polar surface area (TPSA) is 82.1 Å². The summed E-state index contributed by atoms with van der Waals surface area (Å²) in [6.45, 7) is 5.64. The number of esters is 1. The normalized spacial score (nSPS) is 16.6. The third kappa shape index (κ3) is 4.65. The van der Waals surface area contributed by atoms with Gasteiger partial charge in [-0.3, -0.25) is 14.5 Å². The first-order valence-electron chi connectivity index (χ1n) is 8.28. The van der Waals surface area contributed by atoms with Gasteiger partial charge in [-0.1, -0.05) is 0 Å². The maximum Gasteiger partial charge on any atom is 0.329 e. The summed E-state index contributed by atoms with van der Waals surface area (Å²) in [4.78, 5) is 37.9. The van der Waals surface area contributed by atoms with E-state index in [0.717, 1.165) is 16.7 Å². The molecule has 0 radical (unpaired) electrons. The Hall–Kier alpha value is -2.00. The van der Waals surface area contributed by atoms with Crippen molar-refractivity contribution in [2.24, 2.45) is 0 Å². The molecule has 0 bridgehead atoms. The smallest absolute Gasteiger partial charge is 0.329 e. The van der Waals surface area contributed by atoms with Gasteiger partial charge in [-0.05, 0) is 72.2 Å². The molecule has 1 atom stereocenters. The van der Waals surface area contributed by atoms with Crippen molar-refractivity contribution in [2.45, 2.75) is 26.8 Å². The van der Waals surface area contributed by atoms with Gasteiger partial charge in [0.15, 0.2) is 11.5 Å². The van der Waals surface area contributed by atoms with Crippen LogP contribution >= 0.6 is 27.7 Å². The molecular weight excluding hydrogens is 438 g/mol. The zero-order valence-electron chi connectivity index (χ0n) is 15.4. The van der Waals surface area contributed by atoms with Crippen molar-refractivity contribution in [3.05, 3.63) is 27.1 Å². The SMILES string of the molecule is CCOC(=O)C(C)N1C(=O)SC(=Cc2cc(Br)c(OCC)c(OC)c2)C1=O. The van der Waals surface area contributed by atoms with Crippen LogP contribution in [-0.2, 0) is 14.3 Å². The highest BCUT2D eigenvalue weighted by molar-refractivity contribution is 9.10. The number of hydrogen-bond acceptors (Lipinski definition) is 7. The van der Waals surface area contributed by atoms with Crippen molar-refractivity contribution in [3.63, 3.8) is 0 Å². The second-order valence-corrected chi connectivity index (χ2v) is 7.29. The molecule has 1 fully saturated rings. The molecule has 0 aliphatic carbocycles. The van der Waals surface area contributed by atoms with E-state index in [9.17, 15) is 14.4 Å². The van der Waals surface area contributed by atoms with E-state index in [1.807, 2.05) is 6.92 Å². The molecule has 1 aliphatic rings. The first-order valence-corrected chi connectivity index (χ1v) is 9.88. The van der Waals surface area contributed by atoms with Gasteiger partial charge in [0, 0.05) is 0 Å². The maximum absolute atomic E-state index is 12.6. The summed E-state index contributed by atoms with van der Waals surface area (Å²) in [5.41, 5.74) is 0.650. The van der Waals surface area contributed by atoms with Gasteiger partial charge in [0.05, 0.1) is 29.7 Å². The molecular formula is C18H20BrNO6S. The van der Waals surface area contributed by atoms with Crippen LogP contribution in [0, 0.1) is 0 Å². The molecule has 1 aromatic carbocycles. The second-order valence-electron chi connectivity index (χ2n) is 5.45. The van der Waals surface area contributed by atoms with Crippen molar-refractivity contribution in [1.29, 1.82) is 0 Å². The number of carbonyl (C=O) groups excluding carboxylic acids is 3. The Morgan fingerprint density at radius 1 is 1.30 bits per heavy atom. The summed E-state index contributed by atoms with van der Waals surface area (Å²) < 4.78 is 16.4. The van der Waals surface area contributed by atoms with E-state index in [4.69, 9.17) is 14.2 Å². The monoisotopic (exact) mass is 457 g/mol. The zero-order chi connectivity index (χ0) is 20.1. The number of benzene rings is 1. The van der Waals surface area contributed by atoms with Crippen molar-refractivity contribution in [1.82, 2.24) is 4.90 Å². The molecule has 0 aromatic heterocycles. The van der Waals surface area contributed by atoms with Gasteiger partial charge >= 0.3 is 5.97 Å². The van der Waals surface area contributed by atoms with Gasteiger partial charge in [0.25, 0.3) is 11.1 Å². The van der Waals surface area contributed by atoms with Crippen LogP contribution in [0.25, 0.3) is 6.08 Å². The average molecular weight is 458 g/mol. The van der Waals surface area contributed by atoms with Crippen LogP contribution in [0.2, 0.25) is 0 Å². The van der Waals surface area contributed by atoms with Gasteiger partial charge in [-0.25, -0.2) is 4.79 Å². The van der Waals surface area contributed by atoms with E-state index < -0.39 is 23.2 Å². The molecule has 1 saturated heterocycles. The van der Waals surface area contributed by atoms with Crippen molar-refractivity contribution < 1.29 is 28.6 Å². The fourth-order valence-electron chi connectivity index (χ4n) is 2.44. The molecule has 1 unspecified atom stereocenters. The Morgan fingerprint density at radius 2 is 2.00 bits per heavy atom.